The maximum absolute atomic E-state index is 10.4. The summed E-state index contributed by atoms with van der Waals surface area (Å²) in [6.07, 6.45) is 0.293. The molecule has 15 heavy (non-hydrogen) atoms. The SMILES string of the molecule is CCCC(C)(C)CCC(O)C(O)C(=O)O. The van der Waals surface area contributed by atoms with Crippen molar-refractivity contribution in [2.24, 2.45) is 5.41 Å². The van der Waals surface area contributed by atoms with Crippen LogP contribution in [0.15, 0.2) is 0 Å². The highest BCUT2D eigenvalue weighted by Crippen LogP contribution is 2.29. The molecule has 0 fully saturated rings. The van der Waals surface area contributed by atoms with E-state index >= 15 is 0 Å². The van der Waals surface area contributed by atoms with E-state index in [9.17, 15) is 9.90 Å². The van der Waals surface area contributed by atoms with E-state index in [-0.39, 0.29) is 5.41 Å². The summed E-state index contributed by atoms with van der Waals surface area (Å²) in [7, 11) is 0. The van der Waals surface area contributed by atoms with Crippen LogP contribution in [0, 0.1) is 5.41 Å². The molecule has 0 amide bonds. The molecule has 0 aliphatic carbocycles. The van der Waals surface area contributed by atoms with Crippen LogP contribution < -0.4 is 0 Å². The van der Waals surface area contributed by atoms with Gasteiger partial charge >= 0.3 is 5.97 Å². The van der Waals surface area contributed by atoms with Crippen molar-refractivity contribution in [3.8, 4) is 0 Å². The molecule has 4 nitrogen and oxygen atoms in total. The van der Waals surface area contributed by atoms with Gasteiger partial charge in [0, 0.05) is 0 Å². The third-order valence-corrected chi connectivity index (χ3v) is 2.66. The van der Waals surface area contributed by atoms with Crippen LogP contribution in [0.25, 0.3) is 0 Å². The smallest absolute Gasteiger partial charge is 0.335 e. The molecular formula is C11H22O4. The first kappa shape index (κ1) is 14.4. The van der Waals surface area contributed by atoms with Gasteiger partial charge in [0.15, 0.2) is 6.10 Å². The van der Waals surface area contributed by atoms with Gasteiger partial charge in [-0.2, -0.15) is 0 Å². The first-order valence-electron chi connectivity index (χ1n) is 5.39. The highest BCUT2D eigenvalue weighted by atomic mass is 16.4. The summed E-state index contributed by atoms with van der Waals surface area (Å²) < 4.78 is 0. The van der Waals surface area contributed by atoms with Crippen molar-refractivity contribution in [1.29, 1.82) is 0 Å². The molecular weight excluding hydrogens is 196 g/mol. The molecule has 0 rings (SSSR count). The Hall–Kier alpha value is -0.610. The molecule has 0 saturated heterocycles. The minimum Gasteiger partial charge on any atom is -0.479 e. The van der Waals surface area contributed by atoms with E-state index in [1.165, 1.54) is 0 Å². The van der Waals surface area contributed by atoms with Crippen LogP contribution in [0.2, 0.25) is 0 Å². The predicted octanol–water partition coefficient (Wildman–Crippen LogP) is 1.40. The van der Waals surface area contributed by atoms with E-state index in [0.29, 0.717) is 12.8 Å². The number of carboxylic acid groups (broad SMARTS) is 1. The number of aliphatic hydroxyl groups excluding tert-OH is 2. The summed E-state index contributed by atoms with van der Waals surface area (Å²) in [5.41, 5.74) is 0.0912. The van der Waals surface area contributed by atoms with Gasteiger partial charge in [0.05, 0.1) is 6.10 Å². The normalized spacial score (nSPS) is 16.1. The summed E-state index contributed by atoms with van der Waals surface area (Å²) in [4.78, 5) is 10.4. The number of aliphatic carboxylic acids is 1. The van der Waals surface area contributed by atoms with E-state index in [4.69, 9.17) is 10.2 Å². The minimum atomic E-state index is -1.66. The largest absolute Gasteiger partial charge is 0.479 e. The van der Waals surface area contributed by atoms with Gasteiger partial charge in [0.2, 0.25) is 0 Å². The van der Waals surface area contributed by atoms with Crippen LogP contribution in [0.4, 0.5) is 0 Å². The minimum absolute atomic E-state index is 0.0912. The van der Waals surface area contributed by atoms with Gasteiger partial charge in [-0.25, -0.2) is 4.79 Å². The second-order valence-corrected chi connectivity index (χ2v) is 4.80. The number of aliphatic hydroxyl groups is 2. The van der Waals surface area contributed by atoms with E-state index in [0.717, 1.165) is 12.8 Å². The summed E-state index contributed by atoms with van der Waals surface area (Å²) in [5, 5.41) is 26.9. The first-order chi connectivity index (χ1) is 6.80. The topological polar surface area (TPSA) is 77.8 Å². The molecule has 90 valence electrons. The van der Waals surface area contributed by atoms with Crippen LogP contribution in [-0.2, 0) is 4.79 Å². The molecule has 0 heterocycles. The third kappa shape index (κ3) is 5.74. The zero-order valence-electron chi connectivity index (χ0n) is 9.73. The van der Waals surface area contributed by atoms with Gasteiger partial charge in [-0.1, -0.05) is 27.2 Å². The van der Waals surface area contributed by atoms with Crippen molar-refractivity contribution in [3.63, 3.8) is 0 Å². The molecule has 2 unspecified atom stereocenters. The molecule has 3 N–H and O–H groups in total. The van der Waals surface area contributed by atoms with Crippen molar-refractivity contribution in [2.75, 3.05) is 0 Å². The lowest BCUT2D eigenvalue weighted by molar-refractivity contribution is -0.153. The molecule has 0 saturated carbocycles. The number of carbonyl (C=O) groups is 1. The summed E-state index contributed by atoms with van der Waals surface area (Å²) in [6, 6.07) is 0. The first-order valence-corrected chi connectivity index (χ1v) is 5.39. The van der Waals surface area contributed by atoms with Crippen molar-refractivity contribution in [1.82, 2.24) is 0 Å². The number of hydrogen-bond acceptors (Lipinski definition) is 3. The Kier molecular flexibility index (Phi) is 5.83. The van der Waals surface area contributed by atoms with Gasteiger partial charge in [-0.3, -0.25) is 0 Å². The summed E-state index contributed by atoms with van der Waals surface area (Å²) in [5.74, 6) is -1.37. The lowest BCUT2D eigenvalue weighted by Gasteiger charge is -2.25. The van der Waals surface area contributed by atoms with Crippen LogP contribution in [-0.4, -0.2) is 33.5 Å². The molecule has 0 radical (unpaired) electrons. The maximum Gasteiger partial charge on any atom is 0.335 e. The van der Waals surface area contributed by atoms with Crippen LogP contribution in [0.1, 0.15) is 46.5 Å². The molecule has 0 spiro atoms. The number of rotatable bonds is 7. The molecule has 0 aromatic rings. The van der Waals surface area contributed by atoms with Crippen LogP contribution in [0.3, 0.4) is 0 Å². The van der Waals surface area contributed by atoms with Crippen molar-refractivity contribution in [3.05, 3.63) is 0 Å². The molecule has 0 aliphatic heterocycles. The Morgan fingerprint density at radius 3 is 2.20 bits per heavy atom. The quantitative estimate of drug-likeness (QED) is 0.603. The lowest BCUT2D eigenvalue weighted by atomic mass is 9.82. The Labute approximate surface area is 90.9 Å². The number of hydrogen-bond donors (Lipinski definition) is 3. The number of carboxylic acids is 1. The van der Waals surface area contributed by atoms with Gasteiger partial charge in [0.1, 0.15) is 0 Å². The monoisotopic (exact) mass is 218 g/mol. The fourth-order valence-electron chi connectivity index (χ4n) is 1.66. The van der Waals surface area contributed by atoms with Crippen molar-refractivity contribution < 1.29 is 20.1 Å². The van der Waals surface area contributed by atoms with Gasteiger partial charge in [0.25, 0.3) is 0 Å². The molecule has 0 bridgehead atoms. The van der Waals surface area contributed by atoms with Crippen LogP contribution in [0.5, 0.6) is 0 Å². The molecule has 0 aromatic carbocycles. The zero-order valence-corrected chi connectivity index (χ0v) is 9.73. The van der Waals surface area contributed by atoms with Gasteiger partial charge in [-0.05, 0) is 24.7 Å². The Morgan fingerprint density at radius 1 is 1.27 bits per heavy atom. The van der Waals surface area contributed by atoms with Gasteiger partial charge < -0.3 is 15.3 Å². The van der Waals surface area contributed by atoms with E-state index in [1.54, 1.807) is 0 Å². The summed E-state index contributed by atoms with van der Waals surface area (Å²) in [6.45, 7) is 6.25. The molecule has 2 atom stereocenters. The fraction of sp³-hybridized carbons (Fsp3) is 0.909. The van der Waals surface area contributed by atoms with Crippen LogP contribution >= 0.6 is 0 Å². The second-order valence-electron chi connectivity index (χ2n) is 4.80. The van der Waals surface area contributed by atoms with Gasteiger partial charge in [-0.15, -0.1) is 0 Å². The third-order valence-electron chi connectivity index (χ3n) is 2.66. The van der Waals surface area contributed by atoms with E-state index in [1.807, 2.05) is 0 Å². The fourth-order valence-corrected chi connectivity index (χ4v) is 1.66. The average Bonchev–Trinajstić information content (AvgIpc) is 2.13. The highest BCUT2D eigenvalue weighted by molar-refractivity contribution is 5.72. The zero-order chi connectivity index (χ0) is 12.1. The second kappa shape index (κ2) is 6.08. The molecule has 0 aromatic heterocycles. The van der Waals surface area contributed by atoms with Crippen molar-refractivity contribution >= 4 is 5.97 Å². The lowest BCUT2D eigenvalue weighted by Crippen LogP contribution is -2.34. The maximum atomic E-state index is 10.4. The van der Waals surface area contributed by atoms with E-state index in [2.05, 4.69) is 20.8 Å². The Bertz CT molecular complexity index is 201. The van der Waals surface area contributed by atoms with E-state index < -0.39 is 18.2 Å². The molecule has 4 heteroatoms. The Morgan fingerprint density at radius 2 is 1.80 bits per heavy atom. The molecule has 0 aliphatic rings. The average molecular weight is 218 g/mol. The Balaban J connectivity index is 3.99. The predicted molar refractivity (Wildman–Crippen MR) is 57.6 cm³/mol. The van der Waals surface area contributed by atoms with Crippen molar-refractivity contribution in [2.45, 2.75) is 58.7 Å². The summed E-state index contributed by atoms with van der Waals surface area (Å²) >= 11 is 0. The standard InChI is InChI=1S/C11H22O4/c1-4-6-11(2,3)7-5-8(12)9(13)10(14)15/h8-9,12-13H,4-7H2,1-3H3,(H,14,15). The highest BCUT2D eigenvalue weighted by Gasteiger charge is 2.26.